The number of nitrogens with one attached hydrogen (secondary N) is 2. The number of piperidine rings is 1. The summed E-state index contributed by atoms with van der Waals surface area (Å²) >= 11 is 0. The van der Waals surface area contributed by atoms with Crippen LogP contribution in [0, 0.1) is 5.92 Å². The minimum absolute atomic E-state index is 0.000905. The fourth-order valence-corrected chi connectivity index (χ4v) is 4.76. The normalized spacial score (nSPS) is 19.3. The van der Waals surface area contributed by atoms with Crippen LogP contribution in [0.25, 0.3) is 0 Å². The molecule has 3 aliphatic rings. The first-order valence-electron chi connectivity index (χ1n) is 12.2. The Bertz CT molecular complexity index is 1050. The van der Waals surface area contributed by atoms with Gasteiger partial charge in [0, 0.05) is 42.1 Å². The number of hydrogen-bond acceptors (Lipinski definition) is 7. The Hall–Kier alpha value is -3.30. The molecule has 9 nitrogen and oxygen atoms in total. The molecular formula is C26H32N4O5. The number of fused-ring (bicyclic) bond motifs is 1. The van der Waals surface area contributed by atoms with Crippen LogP contribution in [-0.2, 0) is 14.3 Å². The van der Waals surface area contributed by atoms with Gasteiger partial charge in [0.1, 0.15) is 0 Å². The standard InChI is InChI=1S/C26H32N4O5/c1-18(25(31)27-20-2-5-22(6-3-20)30-12-14-33-15-13-30)29-10-8-19(9-11-29)26(32)28-21-4-7-23-24(16-21)35-17-34-23/h2-7,16,18-19H,8-15,17H2,1H3,(H,27,31)(H,28,32). The monoisotopic (exact) mass is 480 g/mol. The Morgan fingerprint density at radius 1 is 0.886 bits per heavy atom. The topological polar surface area (TPSA) is 92.4 Å². The maximum absolute atomic E-state index is 12.9. The van der Waals surface area contributed by atoms with Crippen molar-refractivity contribution < 1.29 is 23.8 Å². The van der Waals surface area contributed by atoms with Crippen LogP contribution in [0.5, 0.6) is 11.5 Å². The highest BCUT2D eigenvalue weighted by molar-refractivity contribution is 5.95. The van der Waals surface area contributed by atoms with Crippen molar-refractivity contribution in [2.45, 2.75) is 25.8 Å². The van der Waals surface area contributed by atoms with Crippen LogP contribution in [0.4, 0.5) is 17.1 Å². The van der Waals surface area contributed by atoms with E-state index in [1.807, 2.05) is 37.3 Å². The van der Waals surface area contributed by atoms with Gasteiger partial charge in [0.15, 0.2) is 11.5 Å². The number of carbonyl (C=O) groups is 2. The molecule has 2 N–H and O–H groups in total. The van der Waals surface area contributed by atoms with Crippen molar-refractivity contribution in [3.8, 4) is 11.5 Å². The van der Waals surface area contributed by atoms with Crippen molar-refractivity contribution in [2.24, 2.45) is 5.92 Å². The Balaban J connectivity index is 1.09. The highest BCUT2D eigenvalue weighted by Gasteiger charge is 2.30. The quantitative estimate of drug-likeness (QED) is 0.657. The molecule has 0 bridgehead atoms. The number of carbonyl (C=O) groups excluding carboxylic acids is 2. The van der Waals surface area contributed by atoms with Crippen LogP contribution in [0.1, 0.15) is 19.8 Å². The van der Waals surface area contributed by atoms with Gasteiger partial charge in [0.2, 0.25) is 18.6 Å². The van der Waals surface area contributed by atoms with Gasteiger partial charge in [-0.3, -0.25) is 14.5 Å². The fraction of sp³-hybridized carbons (Fsp3) is 0.462. The molecular weight excluding hydrogens is 448 g/mol. The molecule has 0 aliphatic carbocycles. The summed E-state index contributed by atoms with van der Waals surface area (Å²) in [5.74, 6) is 1.22. The summed E-state index contributed by atoms with van der Waals surface area (Å²) in [4.78, 5) is 30.1. The molecule has 2 amide bonds. The highest BCUT2D eigenvalue weighted by Crippen LogP contribution is 2.34. The molecule has 3 aliphatic heterocycles. The Kier molecular flexibility index (Phi) is 7.06. The zero-order chi connectivity index (χ0) is 24.2. The van der Waals surface area contributed by atoms with Gasteiger partial charge >= 0.3 is 0 Å². The van der Waals surface area contributed by atoms with E-state index >= 15 is 0 Å². The van der Waals surface area contributed by atoms with Crippen LogP contribution in [0.3, 0.4) is 0 Å². The van der Waals surface area contributed by atoms with Gasteiger partial charge in [-0.15, -0.1) is 0 Å². The number of nitrogens with zero attached hydrogens (tertiary/aromatic N) is 2. The second-order valence-corrected chi connectivity index (χ2v) is 9.18. The first-order chi connectivity index (χ1) is 17.1. The highest BCUT2D eigenvalue weighted by atomic mass is 16.7. The molecule has 0 aromatic heterocycles. The fourth-order valence-electron chi connectivity index (χ4n) is 4.76. The number of amides is 2. The average Bonchev–Trinajstić information content (AvgIpc) is 3.37. The summed E-state index contributed by atoms with van der Waals surface area (Å²) in [6, 6.07) is 13.1. The number of hydrogen-bond donors (Lipinski definition) is 2. The zero-order valence-corrected chi connectivity index (χ0v) is 20.0. The predicted octanol–water partition coefficient (Wildman–Crippen LogP) is 2.93. The van der Waals surface area contributed by atoms with Crippen molar-refractivity contribution in [1.82, 2.24) is 4.90 Å². The van der Waals surface area contributed by atoms with Crippen molar-refractivity contribution in [3.63, 3.8) is 0 Å². The van der Waals surface area contributed by atoms with E-state index in [2.05, 4.69) is 20.4 Å². The van der Waals surface area contributed by atoms with Crippen LogP contribution >= 0.6 is 0 Å². The van der Waals surface area contributed by atoms with Gasteiger partial charge in [-0.1, -0.05) is 0 Å². The lowest BCUT2D eigenvalue weighted by Crippen LogP contribution is -2.47. The lowest BCUT2D eigenvalue weighted by Gasteiger charge is -2.34. The molecule has 2 fully saturated rings. The second-order valence-electron chi connectivity index (χ2n) is 9.18. The Labute approximate surface area is 205 Å². The largest absolute Gasteiger partial charge is 0.454 e. The number of morpholine rings is 1. The van der Waals surface area contributed by atoms with Gasteiger partial charge < -0.3 is 29.7 Å². The maximum atomic E-state index is 12.9. The summed E-state index contributed by atoms with van der Waals surface area (Å²) in [5.41, 5.74) is 2.63. The van der Waals surface area contributed by atoms with Gasteiger partial charge in [-0.2, -0.15) is 0 Å². The number of ether oxygens (including phenoxy) is 3. The second kappa shape index (κ2) is 10.5. The zero-order valence-electron chi connectivity index (χ0n) is 20.0. The molecule has 1 atom stereocenters. The summed E-state index contributed by atoms with van der Waals surface area (Å²) in [5, 5.41) is 6.02. The lowest BCUT2D eigenvalue weighted by molar-refractivity contribution is -0.123. The molecule has 5 rings (SSSR count). The molecule has 2 aromatic carbocycles. The minimum Gasteiger partial charge on any atom is -0.454 e. The number of benzene rings is 2. The van der Waals surface area contributed by atoms with Crippen LogP contribution in [-0.4, -0.2) is 68.9 Å². The van der Waals surface area contributed by atoms with Crippen molar-refractivity contribution in [2.75, 3.05) is 61.7 Å². The van der Waals surface area contributed by atoms with Gasteiger partial charge in [-0.25, -0.2) is 0 Å². The maximum Gasteiger partial charge on any atom is 0.241 e. The first kappa shape index (κ1) is 23.4. The van der Waals surface area contributed by atoms with Crippen LogP contribution in [0.2, 0.25) is 0 Å². The third kappa shape index (κ3) is 5.52. The predicted molar refractivity (Wildman–Crippen MR) is 133 cm³/mol. The van der Waals surface area contributed by atoms with Crippen LogP contribution in [0.15, 0.2) is 42.5 Å². The minimum atomic E-state index is -0.271. The van der Waals surface area contributed by atoms with E-state index in [0.29, 0.717) is 43.1 Å². The van der Waals surface area contributed by atoms with Crippen molar-refractivity contribution in [3.05, 3.63) is 42.5 Å². The Morgan fingerprint density at radius 3 is 2.31 bits per heavy atom. The molecule has 0 radical (unpaired) electrons. The van der Waals surface area contributed by atoms with Gasteiger partial charge in [0.05, 0.1) is 19.3 Å². The molecule has 0 spiro atoms. The molecule has 35 heavy (non-hydrogen) atoms. The molecule has 2 aromatic rings. The Morgan fingerprint density at radius 2 is 1.57 bits per heavy atom. The SMILES string of the molecule is CC(C(=O)Nc1ccc(N2CCOCC2)cc1)N1CCC(C(=O)Nc2ccc3c(c2)OCO3)CC1. The summed E-state index contributed by atoms with van der Waals surface area (Å²) < 4.78 is 16.1. The van der Waals surface area contributed by atoms with E-state index in [9.17, 15) is 9.59 Å². The molecule has 1 unspecified atom stereocenters. The first-order valence-corrected chi connectivity index (χ1v) is 12.2. The van der Waals surface area contributed by atoms with Crippen molar-refractivity contribution in [1.29, 1.82) is 0 Å². The lowest BCUT2D eigenvalue weighted by atomic mass is 9.94. The van der Waals surface area contributed by atoms with Crippen LogP contribution < -0.4 is 25.0 Å². The third-order valence-corrected chi connectivity index (χ3v) is 6.98. The van der Waals surface area contributed by atoms with E-state index in [4.69, 9.17) is 14.2 Å². The van der Waals surface area contributed by atoms with Gasteiger partial charge in [-0.05, 0) is 69.3 Å². The number of anilines is 3. The smallest absolute Gasteiger partial charge is 0.241 e. The third-order valence-electron chi connectivity index (χ3n) is 6.98. The van der Waals surface area contributed by atoms with E-state index < -0.39 is 0 Å². The molecule has 0 saturated carbocycles. The number of rotatable bonds is 6. The van der Waals surface area contributed by atoms with Crippen molar-refractivity contribution >= 4 is 28.9 Å². The molecule has 3 heterocycles. The number of likely N-dealkylation sites (tertiary alicyclic amines) is 1. The van der Waals surface area contributed by atoms with Gasteiger partial charge in [0.25, 0.3) is 0 Å². The van der Waals surface area contributed by atoms with E-state index in [-0.39, 0.29) is 30.6 Å². The average molecular weight is 481 g/mol. The summed E-state index contributed by atoms with van der Waals surface area (Å²) in [6.07, 6.45) is 1.42. The van der Waals surface area contributed by atoms with E-state index in [0.717, 1.165) is 37.7 Å². The van der Waals surface area contributed by atoms with E-state index in [1.165, 1.54) is 0 Å². The molecule has 9 heteroatoms. The molecule has 2 saturated heterocycles. The molecule has 186 valence electrons. The van der Waals surface area contributed by atoms with E-state index in [1.54, 1.807) is 12.1 Å². The summed E-state index contributed by atoms with van der Waals surface area (Å²) in [7, 11) is 0. The summed E-state index contributed by atoms with van der Waals surface area (Å²) in [6.45, 7) is 6.77.